The Labute approximate surface area is 175 Å². The third-order valence-electron chi connectivity index (χ3n) is 4.17. The predicted octanol–water partition coefficient (Wildman–Crippen LogP) is 4.05. The van der Waals surface area contributed by atoms with Crippen molar-refractivity contribution in [3.8, 4) is 23.0 Å². The molecule has 0 spiro atoms. The molecular formula is C22H21NO6S. The molecule has 1 heterocycles. The topological polar surface area (TPSA) is 84.0 Å². The highest BCUT2D eigenvalue weighted by Gasteiger charge is 2.21. The van der Waals surface area contributed by atoms with Crippen LogP contribution in [0.15, 0.2) is 65.7 Å². The zero-order valence-electron chi connectivity index (χ0n) is 16.7. The summed E-state index contributed by atoms with van der Waals surface area (Å²) >= 11 is 0. The van der Waals surface area contributed by atoms with Crippen molar-refractivity contribution in [3.05, 3.63) is 72.1 Å². The fourth-order valence-corrected chi connectivity index (χ4v) is 3.61. The van der Waals surface area contributed by atoms with Crippen molar-refractivity contribution >= 4 is 22.3 Å². The van der Waals surface area contributed by atoms with Crippen molar-refractivity contribution in [1.29, 1.82) is 0 Å². The van der Waals surface area contributed by atoms with Crippen molar-refractivity contribution in [3.63, 3.8) is 0 Å². The molecule has 0 N–H and O–H groups in total. The zero-order valence-corrected chi connectivity index (χ0v) is 17.5. The number of benzene rings is 2. The molecule has 30 heavy (non-hydrogen) atoms. The minimum Gasteiger partial charge on any atom is -0.493 e. The second-order valence-corrected chi connectivity index (χ2v) is 7.60. The number of nitrogens with zero attached hydrogens (tertiary/aromatic N) is 1. The molecule has 0 saturated heterocycles. The molecule has 0 atom stereocenters. The minimum atomic E-state index is -4.12. The summed E-state index contributed by atoms with van der Waals surface area (Å²) in [4.78, 5) is 4.15. The van der Waals surface area contributed by atoms with Gasteiger partial charge in [0.05, 0.1) is 27.0 Å². The van der Waals surface area contributed by atoms with E-state index in [9.17, 15) is 8.42 Å². The van der Waals surface area contributed by atoms with E-state index in [1.807, 2.05) is 30.4 Å². The molecular weight excluding hydrogens is 406 g/mol. The molecule has 1 aromatic heterocycles. The SMILES string of the molecule is COc1ccc(S(=O)(=O)Oc2ccc(/C=C/c3ccccn3)cc2OC)cc1OC. The van der Waals surface area contributed by atoms with Crippen LogP contribution in [0, 0.1) is 0 Å². The van der Waals surface area contributed by atoms with Crippen LogP contribution < -0.4 is 18.4 Å². The summed E-state index contributed by atoms with van der Waals surface area (Å²) in [6.45, 7) is 0. The number of methoxy groups -OCH3 is 3. The summed E-state index contributed by atoms with van der Waals surface area (Å²) in [5.74, 6) is 1.05. The number of hydrogen-bond acceptors (Lipinski definition) is 7. The van der Waals surface area contributed by atoms with Crippen LogP contribution >= 0.6 is 0 Å². The zero-order chi connectivity index (χ0) is 21.6. The Hall–Kier alpha value is -3.52. The molecule has 0 unspecified atom stereocenters. The summed E-state index contributed by atoms with van der Waals surface area (Å²) in [5.41, 5.74) is 1.60. The highest BCUT2D eigenvalue weighted by atomic mass is 32.2. The Bertz CT molecular complexity index is 1140. The standard InChI is InChI=1S/C22H21NO6S/c1-26-19-12-10-18(15-22(19)28-3)30(24,25)29-20-11-8-16(14-21(20)27-2)7-9-17-6-4-5-13-23-17/h4-15H,1-3H3/b9-7+. The molecule has 0 aliphatic carbocycles. The fourth-order valence-electron chi connectivity index (χ4n) is 2.65. The van der Waals surface area contributed by atoms with Gasteiger partial charge in [-0.3, -0.25) is 4.98 Å². The summed E-state index contributed by atoms with van der Waals surface area (Å²) in [5, 5.41) is 0. The van der Waals surface area contributed by atoms with Gasteiger partial charge in [0, 0.05) is 12.3 Å². The Morgan fingerprint density at radius 1 is 0.767 bits per heavy atom. The van der Waals surface area contributed by atoms with Crippen molar-refractivity contribution in [2.24, 2.45) is 0 Å². The molecule has 3 aromatic rings. The van der Waals surface area contributed by atoms with Gasteiger partial charge in [0.2, 0.25) is 0 Å². The van der Waals surface area contributed by atoms with Crippen LogP contribution in [0.3, 0.4) is 0 Å². The first kappa shape index (κ1) is 21.2. The Balaban J connectivity index is 1.86. The molecule has 0 saturated carbocycles. The van der Waals surface area contributed by atoms with Crippen molar-refractivity contribution in [2.45, 2.75) is 4.90 Å². The summed E-state index contributed by atoms with van der Waals surface area (Å²) < 4.78 is 46.4. The van der Waals surface area contributed by atoms with Crippen LogP contribution in [0.25, 0.3) is 12.2 Å². The van der Waals surface area contributed by atoms with Crippen LogP contribution in [0.2, 0.25) is 0 Å². The fraction of sp³-hybridized carbons (Fsp3) is 0.136. The third-order valence-corrected chi connectivity index (χ3v) is 5.40. The number of rotatable bonds is 8. The van der Waals surface area contributed by atoms with Crippen molar-refractivity contribution in [2.75, 3.05) is 21.3 Å². The maximum atomic E-state index is 12.7. The molecule has 3 rings (SSSR count). The molecule has 0 amide bonds. The average molecular weight is 427 g/mol. The first-order valence-electron chi connectivity index (χ1n) is 8.90. The van der Waals surface area contributed by atoms with E-state index in [1.165, 1.54) is 45.6 Å². The second-order valence-electron chi connectivity index (χ2n) is 6.05. The van der Waals surface area contributed by atoms with E-state index in [-0.39, 0.29) is 22.1 Å². The summed E-state index contributed by atoms with van der Waals surface area (Å²) in [7, 11) is 0.222. The largest absolute Gasteiger partial charge is 0.493 e. The third kappa shape index (κ3) is 4.90. The van der Waals surface area contributed by atoms with Crippen LogP contribution in [0.1, 0.15) is 11.3 Å². The molecule has 0 radical (unpaired) electrons. The Morgan fingerprint density at radius 2 is 1.47 bits per heavy atom. The van der Waals surface area contributed by atoms with E-state index in [0.29, 0.717) is 5.75 Å². The number of ether oxygens (including phenoxy) is 3. The first-order valence-corrected chi connectivity index (χ1v) is 10.3. The molecule has 8 heteroatoms. The number of hydrogen-bond donors (Lipinski definition) is 0. The molecule has 156 valence electrons. The normalized spacial score (nSPS) is 11.3. The molecule has 0 fully saturated rings. The quantitative estimate of drug-likeness (QED) is 0.502. The van der Waals surface area contributed by atoms with Crippen LogP contribution in [0.4, 0.5) is 0 Å². The van der Waals surface area contributed by atoms with E-state index in [1.54, 1.807) is 18.3 Å². The van der Waals surface area contributed by atoms with Crippen LogP contribution in [0.5, 0.6) is 23.0 Å². The van der Waals surface area contributed by atoms with Gasteiger partial charge >= 0.3 is 10.1 Å². The predicted molar refractivity (Wildman–Crippen MR) is 114 cm³/mol. The van der Waals surface area contributed by atoms with Gasteiger partial charge in [-0.1, -0.05) is 18.2 Å². The highest BCUT2D eigenvalue weighted by molar-refractivity contribution is 7.87. The van der Waals surface area contributed by atoms with E-state index >= 15 is 0 Å². The van der Waals surface area contributed by atoms with E-state index < -0.39 is 10.1 Å². The van der Waals surface area contributed by atoms with E-state index in [2.05, 4.69) is 4.98 Å². The van der Waals surface area contributed by atoms with Gasteiger partial charge in [0.1, 0.15) is 4.90 Å². The van der Waals surface area contributed by atoms with Crippen LogP contribution in [-0.2, 0) is 10.1 Å². The van der Waals surface area contributed by atoms with Gasteiger partial charge in [-0.05, 0) is 48.0 Å². The van der Waals surface area contributed by atoms with E-state index in [4.69, 9.17) is 18.4 Å². The minimum absolute atomic E-state index is 0.0682. The monoisotopic (exact) mass is 427 g/mol. The van der Waals surface area contributed by atoms with Gasteiger partial charge in [-0.15, -0.1) is 0 Å². The smallest absolute Gasteiger partial charge is 0.339 e. The highest BCUT2D eigenvalue weighted by Crippen LogP contribution is 2.34. The van der Waals surface area contributed by atoms with Crippen molar-refractivity contribution < 1.29 is 26.8 Å². The maximum absolute atomic E-state index is 12.7. The molecule has 0 aliphatic heterocycles. The second kappa shape index (κ2) is 9.32. The van der Waals surface area contributed by atoms with Gasteiger partial charge < -0.3 is 18.4 Å². The van der Waals surface area contributed by atoms with Gasteiger partial charge in [-0.2, -0.15) is 8.42 Å². The molecule has 0 bridgehead atoms. The molecule has 2 aromatic carbocycles. The average Bonchev–Trinajstić information content (AvgIpc) is 2.78. The summed E-state index contributed by atoms with van der Waals surface area (Å²) in [6.07, 6.45) is 5.39. The Kier molecular flexibility index (Phi) is 6.58. The molecule has 0 aliphatic rings. The maximum Gasteiger partial charge on any atom is 0.339 e. The van der Waals surface area contributed by atoms with E-state index in [0.717, 1.165) is 11.3 Å². The van der Waals surface area contributed by atoms with Gasteiger partial charge in [0.15, 0.2) is 23.0 Å². The van der Waals surface area contributed by atoms with Crippen molar-refractivity contribution in [1.82, 2.24) is 4.98 Å². The number of aromatic nitrogens is 1. The molecule has 7 nitrogen and oxygen atoms in total. The first-order chi connectivity index (χ1) is 14.5. The van der Waals surface area contributed by atoms with Gasteiger partial charge in [-0.25, -0.2) is 0 Å². The van der Waals surface area contributed by atoms with Crippen LogP contribution in [-0.4, -0.2) is 34.7 Å². The lowest BCUT2D eigenvalue weighted by atomic mass is 10.1. The summed E-state index contributed by atoms with van der Waals surface area (Å²) in [6, 6.07) is 14.8. The lowest BCUT2D eigenvalue weighted by Crippen LogP contribution is -2.11. The Morgan fingerprint density at radius 3 is 2.13 bits per heavy atom. The number of pyridine rings is 1. The van der Waals surface area contributed by atoms with Gasteiger partial charge in [0.25, 0.3) is 0 Å². The lowest BCUT2D eigenvalue weighted by molar-refractivity contribution is 0.353. The lowest BCUT2D eigenvalue weighted by Gasteiger charge is -2.13.